The number of hydrogen-bond donors (Lipinski definition) is 2. The predicted octanol–water partition coefficient (Wildman–Crippen LogP) is 1.41. The molecule has 0 saturated heterocycles. The van der Waals surface area contributed by atoms with Crippen molar-refractivity contribution in [2.75, 3.05) is 0 Å². The number of carboxylic acids is 1. The minimum absolute atomic E-state index is 0.0823. The molecule has 1 aromatic rings. The second-order valence-corrected chi connectivity index (χ2v) is 4.89. The molecule has 0 bridgehead atoms. The van der Waals surface area contributed by atoms with Crippen LogP contribution in [-0.2, 0) is 16.1 Å². The molecular weight excluding hydrogens is 236 g/mol. The Morgan fingerprint density at radius 3 is 2.44 bits per heavy atom. The number of oxazole rings is 1. The van der Waals surface area contributed by atoms with Crippen molar-refractivity contribution >= 4 is 11.9 Å². The van der Waals surface area contributed by atoms with Crippen LogP contribution in [0.5, 0.6) is 0 Å². The first-order chi connectivity index (χ1) is 8.22. The summed E-state index contributed by atoms with van der Waals surface area (Å²) >= 11 is 0. The molecule has 0 atom stereocenters. The lowest BCUT2D eigenvalue weighted by atomic mass is 9.89. The number of hydrogen-bond acceptors (Lipinski definition) is 4. The van der Waals surface area contributed by atoms with Crippen molar-refractivity contribution in [3.05, 3.63) is 17.3 Å². The van der Waals surface area contributed by atoms with Gasteiger partial charge in [-0.15, -0.1) is 0 Å². The second kappa shape index (κ2) is 5.20. The van der Waals surface area contributed by atoms with Crippen molar-refractivity contribution in [2.24, 2.45) is 5.41 Å². The molecule has 18 heavy (non-hydrogen) atoms. The number of aromatic nitrogens is 1. The van der Waals surface area contributed by atoms with E-state index in [2.05, 4.69) is 10.3 Å². The molecule has 6 nitrogen and oxygen atoms in total. The lowest BCUT2D eigenvalue weighted by Crippen LogP contribution is -2.33. The number of aryl methyl sites for hydroxylation is 2. The molecule has 0 spiro atoms. The van der Waals surface area contributed by atoms with Gasteiger partial charge in [-0.3, -0.25) is 9.59 Å². The summed E-state index contributed by atoms with van der Waals surface area (Å²) in [5.41, 5.74) is -0.294. The topological polar surface area (TPSA) is 92.4 Å². The second-order valence-electron chi connectivity index (χ2n) is 4.89. The van der Waals surface area contributed by atoms with Crippen molar-refractivity contribution in [2.45, 2.75) is 40.7 Å². The third-order valence-corrected chi connectivity index (χ3v) is 2.69. The highest BCUT2D eigenvalue weighted by molar-refractivity contribution is 5.84. The summed E-state index contributed by atoms with van der Waals surface area (Å²) < 4.78 is 5.30. The molecule has 1 amide bonds. The zero-order valence-corrected chi connectivity index (χ0v) is 11.0. The largest absolute Gasteiger partial charge is 0.481 e. The fraction of sp³-hybridized carbons (Fsp3) is 0.583. The summed E-state index contributed by atoms with van der Waals surface area (Å²) in [5.74, 6) is -0.201. The zero-order valence-electron chi connectivity index (χ0n) is 11.0. The Bertz CT molecular complexity index is 443. The van der Waals surface area contributed by atoms with Crippen LogP contribution in [0.15, 0.2) is 4.42 Å². The molecule has 1 heterocycles. The Hall–Kier alpha value is -1.85. The lowest BCUT2D eigenvalue weighted by Gasteiger charge is -2.17. The van der Waals surface area contributed by atoms with Gasteiger partial charge in [-0.05, 0) is 27.7 Å². The SMILES string of the molecule is Cc1nc(CNC(=O)CC(C)(C)C(=O)O)oc1C. The molecule has 1 rings (SSSR count). The molecular formula is C12H18N2O4. The van der Waals surface area contributed by atoms with Crippen molar-refractivity contribution in [1.82, 2.24) is 10.3 Å². The average molecular weight is 254 g/mol. The summed E-state index contributed by atoms with van der Waals surface area (Å²) in [6, 6.07) is 0. The Kier molecular flexibility index (Phi) is 4.11. The fourth-order valence-corrected chi connectivity index (χ4v) is 1.33. The summed E-state index contributed by atoms with van der Waals surface area (Å²) in [4.78, 5) is 26.6. The number of amides is 1. The van der Waals surface area contributed by atoms with E-state index < -0.39 is 11.4 Å². The van der Waals surface area contributed by atoms with Gasteiger partial charge in [0.1, 0.15) is 5.76 Å². The summed E-state index contributed by atoms with van der Waals surface area (Å²) in [7, 11) is 0. The van der Waals surface area contributed by atoms with E-state index in [9.17, 15) is 9.59 Å². The van der Waals surface area contributed by atoms with E-state index in [0.717, 1.165) is 5.69 Å². The van der Waals surface area contributed by atoms with Crippen molar-refractivity contribution in [1.29, 1.82) is 0 Å². The van der Waals surface area contributed by atoms with Crippen LogP contribution in [0.1, 0.15) is 37.6 Å². The van der Waals surface area contributed by atoms with Gasteiger partial charge in [-0.1, -0.05) is 0 Å². The lowest BCUT2D eigenvalue weighted by molar-refractivity contribution is -0.149. The number of carboxylic acid groups (broad SMARTS) is 1. The summed E-state index contributed by atoms with van der Waals surface area (Å²) in [5, 5.41) is 11.5. The van der Waals surface area contributed by atoms with Gasteiger partial charge in [0.05, 0.1) is 17.7 Å². The Balaban J connectivity index is 2.49. The van der Waals surface area contributed by atoms with Crippen molar-refractivity contribution < 1.29 is 19.1 Å². The van der Waals surface area contributed by atoms with E-state index in [-0.39, 0.29) is 18.9 Å². The number of nitrogens with one attached hydrogen (secondary N) is 1. The molecule has 2 N–H and O–H groups in total. The average Bonchev–Trinajstić information content (AvgIpc) is 2.55. The monoisotopic (exact) mass is 254 g/mol. The smallest absolute Gasteiger partial charge is 0.309 e. The Morgan fingerprint density at radius 2 is 2.00 bits per heavy atom. The molecule has 100 valence electrons. The summed E-state index contributed by atoms with van der Waals surface area (Å²) in [6.45, 7) is 6.80. The van der Waals surface area contributed by atoms with Crippen LogP contribution in [0.2, 0.25) is 0 Å². The van der Waals surface area contributed by atoms with Crippen LogP contribution in [0.25, 0.3) is 0 Å². The molecule has 0 aliphatic carbocycles. The third kappa shape index (κ3) is 3.58. The minimum Gasteiger partial charge on any atom is -0.481 e. The van der Waals surface area contributed by atoms with Crippen LogP contribution in [0, 0.1) is 19.3 Å². The van der Waals surface area contributed by atoms with Crippen LogP contribution in [-0.4, -0.2) is 22.0 Å². The molecule has 0 aromatic carbocycles. The van der Waals surface area contributed by atoms with Gasteiger partial charge in [-0.2, -0.15) is 0 Å². The van der Waals surface area contributed by atoms with Gasteiger partial charge < -0.3 is 14.8 Å². The van der Waals surface area contributed by atoms with Gasteiger partial charge >= 0.3 is 5.97 Å². The molecule has 0 radical (unpaired) electrons. The maximum absolute atomic E-state index is 11.6. The van der Waals surface area contributed by atoms with E-state index in [1.54, 1.807) is 6.92 Å². The molecule has 0 aliphatic heterocycles. The van der Waals surface area contributed by atoms with Crippen molar-refractivity contribution in [3.63, 3.8) is 0 Å². The first kappa shape index (κ1) is 14.2. The van der Waals surface area contributed by atoms with E-state index in [0.29, 0.717) is 11.7 Å². The minimum atomic E-state index is -1.08. The maximum atomic E-state index is 11.6. The van der Waals surface area contributed by atoms with Gasteiger partial charge in [0.25, 0.3) is 0 Å². The van der Waals surface area contributed by atoms with E-state index in [1.165, 1.54) is 13.8 Å². The Labute approximate surface area is 105 Å². The van der Waals surface area contributed by atoms with E-state index >= 15 is 0 Å². The number of aliphatic carboxylic acids is 1. The van der Waals surface area contributed by atoms with Crippen molar-refractivity contribution in [3.8, 4) is 0 Å². The van der Waals surface area contributed by atoms with E-state index in [4.69, 9.17) is 9.52 Å². The fourth-order valence-electron chi connectivity index (χ4n) is 1.33. The number of carbonyl (C=O) groups excluding carboxylic acids is 1. The normalized spacial score (nSPS) is 11.3. The van der Waals surface area contributed by atoms with Crippen LogP contribution < -0.4 is 5.32 Å². The highest BCUT2D eigenvalue weighted by Crippen LogP contribution is 2.20. The highest BCUT2D eigenvalue weighted by Gasteiger charge is 2.30. The predicted molar refractivity (Wildman–Crippen MR) is 63.9 cm³/mol. The zero-order chi connectivity index (χ0) is 13.9. The standard InChI is InChI=1S/C12H18N2O4/c1-7-8(2)18-10(14-7)6-13-9(15)5-12(3,4)11(16)17/h5-6H2,1-4H3,(H,13,15)(H,16,17). The van der Waals surface area contributed by atoms with Crippen LogP contribution in [0.3, 0.4) is 0 Å². The highest BCUT2D eigenvalue weighted by atomic mass is 16.4. The van der Waals surface area contributed by atoms with Gasteiger partial charge in [0.15, 0.2) is 0 Å². The molecule has 1 aromatic heterocycles. The maximum Gasteiger partial charge on any atom is 0.309 e. The summed E-state index contributed by atoms with van der Waals surface area (Å²) in [6.07, 6.45) is -0.0823. The molecule has 0 unspecified atom stereocenters. The van der Waals surface area contributed by atoms with Gasteiger partial charge in [0.2, 0.25) is 11.8 Å². The Morgan fingerprint density at radius 1 is 1.39 bits per heavy atom. The third-order valence-electron chi connectivity index (χ3n) is 2.69. The number of nitrogens with zero attached hydrogens (tertiary/aromatic N) is 1. The molecule has 0 aliphatic rings. The quantitative estimate of drug-likeness (QED) is 0.828. The van der Waals surface area contributed by atoms with Crippen LogP contribution in [0.4, 0.5) is 0 Å². The first-order valence-electron chi connectivity index (χ1n) is 5.65. The molecule has 0 fully saturated rings. The molecule has 6 heteroatoms. The van der Waals surface area contributed by atoms with Crippen LogP contribution >= 0.6 is 0 Å². The van der Waals surface area contributed by atoms with Gasteiger partial charge in [-0.25, -0.2) is 4.98 Å². The molecule has 0 saturated carbocycles. The number of carbonyl (C=O) groups is 2. The number of rotatable bonds is 5. The van der Waals surface area contributed by atoms with E-state index in [1.807, 2.05) is 6.92 Å². The first-order valence-corrected chi connectivity index (χ1v) is 5.65. The van der Waals surface area contributed by atoms with Gasteiger partial charge in [0, 0.05) is 6.42 Å².